The Hall–Kier alpha value is 0. The van der Waals surface area contributed by atoms with Gasteiger partial charge < -0.3 is 0 Å². The predicted octanol–water partition coefficient (Wildman–Crippen LogP) is 4.00. The van der Waals surface area contributed by atoms with Crippen molar-refractivity contribution in [2.24, 2.45) is 23.7 Å². The molecule has 4 atom stereocenters. The van der Waals surface area contributed by atoms with Crippen molar-refractivity contribution in [3.8, 4) is 0 Å². The van der Waals surface area contributed by atoms with Crippen molar-refractivity contribution in [2.75, 3.05) is 0 Å². The van der Waals surface area contributed by atoms with Crippen LogP contribution >= 0.6 is 0 Å². The van der Waals surface area contributed by atoms with Crippen LogP contribution in [0, 0.1) is 23.7 Å². The van der Waals surface area contributed by atoms with Crippen molar-refractivity contribution < 1.29 is 0 Å². The highest BCUT2D eigenvalue weighted by atomic mass is 14.5. The van der Waals surface area contributed by atoms with Crippen molar-refractivity contribution in [1.29, 1.82) is 0 Å². The number of rotatable bonds is 0. The molecule has 13 heavy (non-hydrogen) atoms. The van der Waals surface area contributed by atoms with Gasteiger partial charge in [0.1, 0.15) is 0 Å². The first-order valence-electron chi connectivity index (χ1n) is 6.45. The summed E-state index contributed by atoms with van der Waals surface area (Å²) in [6.07, 6.45) is 14.1. The van der Waals surface area contributed by atoms with Crippen molar-refractivity contribution in [3.63, 3.8) is 0 Å². The minimum atomic E-state index is 1.16. The van der Waals surface area contributed by atoms with Crippen LogP contribution in [-0.2, 0) is 0 Å². The Labute approximate surface area is 82.1 Å². The second kappa shape index (κ2) is 3.29. The van der Waals surface area contributed by atoms with Crippen molar-refractivity contribution in [2.45, 2.75) is 57.8 Å². The molecule has 4 unspecified atom stereocenters. The molecular weight excluding hydrogens is 156 g/mol. The third-order valence-corrected chi connectivity index (χ3v) is 5.09. The first-order chi connectivity index (χ1) is 6.45. The van der Waals surface area contributed by atoms with E-state index in [2.05, 4.69) is 0 Å². The summed E-state index contributed by atoms with van der Waals surface area (Å²) in [7, 11) is 0. The van der Waals surface area contributed by atoms with Gasteiger partial charge in [-0.1, -0.05) is 44.9 Å². The SMILES string of the molecule is C1CCC2CCC3CCCC(C1)C23. The minimum absolute atomic E-state index is 1.16. The van der Waals surface area contributed by atoms with Crippen LogP contribution in [0.3, 0.4) is 0 Å². The van der Waals surface area contributed by atoms with Crippen LogP contribution in [0.25, 0.3) is 0 Å². The third kappa shape index (κ3) is 1.33. The Morgan fingerprint density at radius 3 is 1.54 bits per heavy atom. The average molecular weight is 178 g/mol. The van der Waals surface area contributed by atoms with E-state index in [1.807, 2.05) is 0 Å². The van der Waals surface area contributed by atoms with Crippen LogP contribution in [0.15, 0.2) is 0 Å². The van der Waals surface area contributed by atoms with E-state index in [9.17, 15) is 0 Å². The lowest BCUT2D eigenvalue weighted by molar-refractivity contribution is 0.143. The Morgan fingerprint density at radius 2 is 0.923 bits per heavy atom. The average Bonchev–Trinajstić information content (AvgIpc) is 2.44. The van der Waals surface area contributed by atoms with Crippen LogP contribution in [0.4, 0.5) is 0 Å². The Morgan fingerprint density at radius 1 is 0.462 bits per heavy atom. The summed E-state index contributed by atoms with van der Waals surface area (Å²) in [5, 5.41) is 0. The molecule has 0 spiro atoms. The Balaban J connectivity index is 1.83. The van der Waals surface area contributed by atoms with Gasteiger partial charge in [0.15, 0.2) is 0 Å². The number of hydrogen-bond donors (Lipinski definition) is 0. The van der Waals surface area contributed by atoms with Gasteiger partial charge >= 0.3 is 0 Å². The van der Waals surface area contributed by atoms with Crippen LogP contribution in [0.1, 0.15) is 57.8 Å². The molecule has 3 saturated carbocycles. The summed E-state index contributed by atoms with van der Waals surface area (Å²) in [6.45, 7) is 0. The van der Waals surface area contributed by atoms with E-state index in [4.69, 9.17) is 0 Å². The van der Waals surface area contributed by atoms with E-state index in [-0.39, 0.29) is 0 Å². The molecule has 3 rings (SSSR count). The van der Waals surface area contributed by atoms with Gasteiger partial charge in [-0.15, -0.1) is 0 Å². The second-order valence-corrected chi connectivity index (χ2v) is 5.65. The molecule has 0 nitrogen and oxygen atoms in total. The van der Waals surface area contributed by atoms with Gasteiger partial charge in [-0.2, -0.15) is 0 Å². The zero-order valence-electron chi connectivity index (χ0n) is 8.67. The summed E-state index contributed by atoms with van der Waals surface area (Å²) >= 11 is 0. The molecule has 3 aliphatic rings. The molecular formula is C13H22. The summed E-state index contributed by atoms with van der Waals surface area (Å²) < 4.78 is 0. The Bertz CT molecular complexity index is 184. The standard InChI is InChI=1S/C13H22/c1-2-5-11-8-9-12-7-3-6-10(4-1)13(11)12/h10-13H,1-9H2. The fourth-order valence-electron chi connectivity index (χ4n) is 4.63. The molecule has 0 heteroatoms. The highest BCUT2D eigenvalue weighted by molar-refractivity contribution is 4.93. The van der Waals surface area contributed by atoms with Crippen LogP contribution in [-0.4, -0.2) is 0 Å². The van der Waals surface area contributed by atoms with Crippen LogP contribution in [0.5, 0.6) is 0 Å². The van der Waals surface area contributed by atoms with E-state index in [0.29, 0.717) is 0 Å². The van der Waals surface area contributed by atoms with Crippen molar-refractivity contribution >= 4 is 0 Å². The first kappa shape index (κ1) is 8.32. The summed E-state index contributed by atoms with van der Waals surface area (Å²) in [4.78, 5) is 0. The maximum Gasteiger partial charge on any atom is -0.0329 e. The molecule has 0 heterocycles. The maximum absolute atomic E-state index is 1.59. The van der Waals surface area contributed by atoms with Gasteiger partial charge in [0.2, 0.25) is 0 Å². The van der Waals surface area contributed by atoms with Crippen LogP contribution in [0.2, 0.25) is 0 Å². The molecule has 3 aliphatic carbocycles. The molecule has 0 aliphatic heterocycles. The Kier molecular flexibility index (Phi) is 2.11. The molecule has 0 N–H and O–H groups in total. The molecule has 0 radical (unpaired) electrons. The molecule has 0 bridgehead atoms. The first-order valence-corrected chi connectivity index (χ1v) is 6.45. The van der Waals surface area contributed by atoms with Gasteiger partial charge in [0.25, 0.3) is 0 Å². The molecule has 74 valence electrons. The molecule has 0 aromatic heterocycles. The lowest BCUT2D eigenvalue weighted by Gasteiger charge is -2.35. The van der Waals surface area contributed by atoms with Gasteiger partial charge in [-0.25, -0.2) is 0 Å². The zero-order chi connectivity index (χ0) is 8.67. The predicted molar refractivity (Wildman–Crippen MR) is 55.5 cm³/mol. The topological polar surface area (TPSA) is 0 Å². The summed E-state index contributed by atoms with van der Waals surface area (Å²) in [5.41, 5.74) is 0. The largest absolute Gasteiger partial charge is 0.0530 e. The van der Waals surface area contributed by atoms with E-state index in [0.717, 1.165) is 11.8 Å². The smallest absolute Gasteiger partial charge is 0.0329 e. The highest BCUT2D eigenvalue weighted by Crippen LogP contribution is 2.53. The van der Waals surface area contributed by atoms with E-state index < -0.39 is 0 Å². The van der Waals surface area contributed by atoms with Gasteiger partial charge in [-0.3, -0.25) is 0 Å². The van der Waals surface area contributed by atoms with Gasteiger partial charge in [0.05, 0.1) is 0 Å². The van der Waals surface area contributed by atoms with E-state index >= 15 is 0 Å². The lowest BCUT2D eigenvalue weighted by atomic mass is 9.70. The third-order valence-electron chi connectivity index (χ3n) is 5.09. The zero-order valence-corrected chi connectivity index (χ0v) is 8.67. The maximum atomic E-state index is 1.59. The second-order valence-electron chi connectivity index (χ2n) is 5.65. The molecule has 3 fully saturated rings. The summed E-state index contributed by atoms with van der Waals surface area (Å²) in [5.74, 6) is 4.68. The van der Waals surface area contributed by atoms with Crippen LogP contribution < -0.4 is 0 Å². The molecule has 0 saturated heterocycles. The van der Waals surface area contributed by atoms with E-state index in [1.54, 1.807) is 57.8 Å². The van der Waals surface area contributed by atoms with E-state index in [1.165, 1.54) is 11.8 Å². The molecule has 0 amide bonds. The fourth-order valence-corrected chi connectivity index (χ4v) is 4.63. The monoisotopic (exact) mass is 178 g/mol. The minimum Gasteiger partial charge on any atom is -0.0530 e. The van der Waals surface area contributed by atoms with Crippen molar-refractivity contribution in [1.82, 2.24) is 0 Å². The highest BCUT2D eigenvalue weighted by Gasteiger charge is 2.43. The number of hydrogen-bond acceptors (Lipinski definition) is 0. The normalized spacial score (nSPS) is 49.8. The lowest BCUT2D eigenvalue weighted by Crippen LogP contribution is -2.27. The fraction of sp³-hybridized carbons (Fsp3) is 1.00. The molecule has 0 aromatic carbocycles. The summed E-state index contributed by atoms with van der Waals surface area (Å²) in [6, 6.07) is 0. The molecule has 0 aromatic rings. The van der Waals surface area contributed by atoms with Crippen molar-refractivity contribution in [3.05, 3.63) is 0 Å². The quantitative estimate of drug-likeness (QED) is 0.526. The van der Waals surface area contributed by atoms with Gasteiger partial charge in [0, 0.05) is 0 Å². The van der Waals surface area contributed by atoms with Gasteiger partial charge in [-0.05, 0) is 36.5 Å².